The summed E-state index contributed by atoms with van der Waals surface area (Å²) in [6.07, 6.45) is 6.80. The van der Waals surface area contributed by atoms with E-state index in [0.29, 0.717) is 11.3 Å². The number of hydrogen-bond acceptors (Lipinski definition) is 4. The van der Waals surface area contributed by atoms with Crippen molar-refractivity contribution in [1.29, 1.82) is 0 Å². The van der Waals surface area contributed by atoms with E-state index in [2.05, 4.69) is 5.32 Å². The topological polar surface area (TPSA) is 71.8 Å². The van der Waals surface area contributed by atoms with Crippen molar-refractivity contribution in [1.82, 2.24) is 10.2 Å². The van der Waals surface area contributed by atoms with E-state index in [4.69, 9.17) is 9.15 Å². The quantitative estimate of drug-likeness (QED) is 0.521. The highest BCUT2D eigenvalue weighted by Crippen LogP contribution is 2.29. The van der Waals surface area contributed by atoms with E-state index in [1.54, 1.807) is 24.1 Å². The van der Waals surface area contributed by atoms with Crippen LogP contribution in [0.5, 0.6) is 5.75 Å². The molecular formula is C27H30N2O4. The van der Waals surface area contributed by atoms with Crippen LogP contribution in [0, 0.1) is 0 Å². The molecule has 0 unspecified atom stereocenters. The van der Waals surface area contributed by atoms with Crippen LogP contribution < -0.4 is 10.1 Å². The van der Waals surface area contributed by atoms with Gasteiger partial charge in [0.15, 0.2) is 5.76 Å². The molecule has 1 aliphatic carbocycles. The molecule has 0 radical (unpaired) electrons. The summed E-state index contributed by atoms with van der Waals surface area (Å²) in [6.45, 7) is 0.264. The second-order valence-electron chi connectivity index (χ2n) is 8.42. The highest BCUT2D eigenvalue weighted by molar-refractivity contribution is 5.96. The number of carbonyl (C=O) groups excluding carboxylic acids is 2. The van der Waals surface area contributed by atoms with Gasteiger partial charge in [0.2, 0.25) is 5.91 Å². The molecule has 0 spiro atoms. The molecular weight excluding hydrogens is 416 g/mol. The van der Waals surface area contributed by atoms with Gasteiger partial charge >= 0.3 is 0 Å². The number of nitrogens with zero attached hydrogens (tertiary/aromatic N) is 1. The summed E-state index contributed by atoms with van der Waals surface area (Å²) in [5.41, 5.74) is 1.62. The first-order chi connectivity index (χ1) is 16.2. The maximum absolute atomic E-state index is 13.7. The van der Waals surface area contributed by atoms with E-state index >= 15 is 0 Å². The smallest absolute Gasteiger partial charge is 0.290 e. The summed E-state index contributed by atoms with van der Waals surface area (Å²) in [6, 6.07) is 19.6. The van der Waals surface area contributed by atoms with Gasteiger partial charge in [-0.05, 0) is 48.2 Å². The minimum Gasteiger partial charge on any atom is -0.497 e. The van der Waals surface area contributed by atoms with Crippen molar-refractivity contribution in [3.8, 4) is 5.75 Å². The summed E-state index contributed by atoms with van der Waals surface area (Å²) in [4.78, 5) is 28.9. The summed E-state index contributed by atoms with van der Waals surface area (Å²) < 4.78 is 10.8. The molecule has 6 nitrogen and oxygen atoms in total. The number of nitrogens with one attached hydrogen (secondary N) is 1. The molecule has 33 heavy (non-hydrogen) atoms. The van der Waals surface area contributed by atoms with Crippen LogP contribution in [0.1, 0.15) is 59.8 Å². The van der Waals surface area contributed by atoms with Gasteiger partial charge in [-0.2, -0.15) is 0 Å². The minimum atomic E-state index is -0.833. The second kappa shape index (κ2) is 10.9. The number of hydrogen-bond donors (Lipinski definition) is 1. The van der Waals surface area contributed by atoms with Gasteiger partial charge in [-0.1, -0.05) is 61.7 Å². The van der Waals surface area contributed by atoms with E-state index in [0.717, 1.165) is 31.2 Å². The Morgan fingerprint density at radius 1 is 1.03 bits per heavy atom. The Morgan fingerprint density at radius 2 is 1.82 bits per heavy atom. The Kier molecular flexibility index (Phi) is 7.45. The SMILES string of the molecule is COc1cccc([C@H](C(=O)NC2CCCCC2)N(Cc2ccccc2)C(=O)c2ccco2)c1. The van der Waals surface area contributed by atoms with Gasteiger partial charge in [-0.25, -0.2) is 0 Å². The standard InChI is InChI=1S/C27H30N2O4/c1-32-23-15-8-12-21(18-23)25(26(30)28-22-13-6-3-7-14-22)29(19-20-10-4-2-5-11-20)27(31)24-16-9-17-33-24/h2,4-5,8-12,15-18,22,25H,3,6-7,13-14,19H2,1H3,(H,28,30)/t25-/m1/s1. The molecule has 1 fully saturated rings. The molecule has 0 bridgehead atoms. The Hall–Kier alpha value is -3.54. The van der Waals surface area contributed by atoms with Crippen molar-refractivity contribution in [2.24, 2.45) is 0 Å². The summed E-state index contributed by atoms with van der Waals surface area (Å²) in [5.74, 6) is 0.304. The third-order valence-corrected chi connectivity index (χ3v) is 6.11. The lowest BCUT2D eigenvalue weighted by Gasteiger charge is -2.33. The van der Waals surface area contributed by atoms with Gasteiger partial charge in [0.05, 0.1) is 13.4 Å². The lowest BCUT2D eigenvalue weighted by atomic mass is 9.94. The predicted octanol–water partition coefficient (Wildman–Crippen LogP) is 5.12. The van der Waals surface area contributed by atoms with Crippen LogP contribution in [0.3, 0.4) is 0 Å². The van der Waals surface area contributed by atoms with Gasteiger partial charge < -0.3 is 19.4 Å². The number of benzene rings is 2. The Labute approximate surface area is 194 Å². The third kappa shape index (κ3) is 5.64. The molecule has 2 amide bonds. The highest BCUT2D eigenvalue weighted by Gasteiger charge is 2.34. The Balaban J connectivity index is 1.73. The van der Waals surface area contributed by atoms with Gasteiger partial charge in [-0.3, -0.25) is 9.59 Å². The van der Waals surface area contributed by atoms with Crippen LogP contribution in [0.2, 0.25) is 0 Å². The van der Waals surface area contributed by atoms with Crippen LogP contribution in [-0.4, -0.2) is 29.9 Å². The predicted molar refractivity (Wildman–Crippen MR) is 126 cm³/mol. The molecule has 2 aromatic carbocycles. The normalized spacial score (nSPS) is 14.9. The molecule has 6 heteroatoms. The largest absolute Gasteiger partial charge is 0.497 e. The monoisotopic (exact) mass is 446 g/mol. The fourth-order valence-corrected chi connectivity index (χ4v) is 4.41. The van der Waals surface area contributed by atoms with Crippen molar-refractivity contribution >= 4 is 11.8 Å². The number of furan rings is 1. The maximum Gasteiger partial charge on any atom is 0.290 e. The van der Waals surface area contributed by atoms with Crippen molar-refractivity contribution in [3.63, 3.8) is 0 Å². The van der Waals surface area contributed by atoms with E-state index in [9.17, 15) is 9.59 Å². The van der Waals surface area contributed by atoms with Gasteiger partial charge in [0, 0.05) is 12.6 Å². The molecule has 0 saturated heterocycles. The fraction of sp³-hybridized carbons (Fsp3) is 0.333. The first kappa shape index (κ1) is 22.6. The molecule has 1 heterocycles. The number of ether oxygens (including phenoxy) is 1. The van der Waals surface area contributed by atoms with Crippen LogP contribution in [0.15, 0.2) is 77.4 Å². The number of amides is 2. The zero-order chi connectivity index (χ0) is 23.0. The van der Waals surface area contributed by atoms with Crippen LogP contribution in [0.4, 0.5) is 0 Å². The lowest BCUT2D eigenvalue weighted by molar-refractivity contribution is -0.127. The van der Waals surface area contributed by atoms with E-state index in [1.807, 2.05) is 54.6 Å². The summed E-state index contributed by atoms with van der Waals surface area (Å²) in [5, 5.41) is 3.22. The third-order valence-electron chi connectivity index (χ3n) is 6.11. The van der Waals surface area contributed by atoms with Crippen molar-refractivity contribution in [2.75, 3.05) is 7.11 Å². The Morgan fingerprint density at radius 3 is 2.52 bits per heavy atom. The maximum atomic E-state index is 13.7. The van der Waals surface area contributed by atoms with Gasteiger partial charge in [-0.15, -0.1) is 0 Å². The summed E-state index contributed by atoms with van der Waals surface area (Å²) >= 11 is 0. The van der Waals surface area contributed by atoms with E-state index in [1.165, 1.54) is 12.7 Å². The Bertz CT molecular complexity index is 1040. The second-order valence-corrected chi connectivity index (χ2v) is 8.42. The number of carbonyl (C=O) groups is 2. The molecule has 1 saturated carbocycles. The van der Waals surface area contributed by atoms with E-state index in [-0.39, 0.29) is 30.2 Å². The van der Waals surface area contributed by atoms with Crippen molar-refractivity contribution in [2.45, 2.75) is 50.7 Å². The minimum absolute atomic E-state index is 0.122. The van der Waals surface area contributed by atoms with Crippen molar-refractivity contribution < 1.29 is 18.7 Å². The zero-order valence-electron chi connectivity index (χ0n) is 18.9. The first-order valence-electron chi connectivity index (χ1n) is 11.5. The molecule has 0 aliphatic heterocycles. The zero-order valence-corrected chi connectivity index (χ0v) is 18.9. The van der Waals surface area contributed by atoms with Crippen LogP contribution in [-0.2, 0) is 11.3 Å². The highest BCUT2D eigenvalue weighted by atomic mass is 16.5. The molecule has 1 aliphatic rings. The molecule has 4 rings (SSSR count). The van der Waals surface area contributed by atoms with Crippen LogP contribution >= 0.6 is 0 Å². The van der Waals surface area contributed by atoms with Gasteiger partial charge in [0.25, 0.3) is 5.91 Å². The molecule has 172 valence electrons. The van der Waals surface area contributed by atoms with E-state index < -0.39 is 6.04 Å². The number of rotatable bonds is 8. The molecule has 1 aromatic heterocycles. The average molecular weight is 447 g/mol. The van der Waals surface area contributed by atoms with Gasteiger partial charge in [0.1, 0.15) is 11.8 Å². The lowest BCUT2D eigenvalue weighted by Crippen LogP contribution is -2.46. The molecule has 3 aromatic rings. The molecule has 1 N–H and O–H groups in total. The van der Waals surface area contributed by atoms with Crippen LogP contribution in [0.25, 0.3) is 0 Å². The first-order valence-corrected chi connectivity index (χ1v) is 11.5. The average Bonchev–Trinajstić information content (AvgIpc) is 3.40. The fourth-order valence-electron chi connectivity index (χ4n) is 4.41. The number of methoxy groups -OCH3 is 1. The summed E-state index contributed by atoms with van der Waals surface area (Å²) in [7, 11) is 1.59. The molecule has 1 atom stereocenters. The van der Waals surface area contributed by atoms with Crippen molar-refractivity contribution in [3.05, 3.63) is 89.9 Å².